The van der Waals surface area contributed by atoms with Gasteiger partial charge in [-0.2, -0.15) is 0 Å². The Morgan fingerprint density at radius 1 is 1.16 bits per heavy atom. The van der Waals surface area contributed by atoms with Gasteiger partial charge < -0.3 is 9.64 Å². The van der Waals surface area contributed by atoms with Crippen molar-refractivity contribution in [3.63, 3.8) is 0 Å². The predicted molar refractivity (Wildman–Crippen MR) is 92.9 cm³/mol. The fraction of sp³-hybridized carbons (Fsp3) is 0.263. The van der Waals surface area contributed by atoms with Gasteiger partial charge in [-0.05, 0) is 24.6 Å². The van der Waals surface area contributed by atoms with Crippen LogP contribution in [-0.2, 0) is 21.0 Å². The van der Waals surface area contributed by atoms with E-state index in [1.54, 1.807) is 11.8 Å². The molecule has 1 heterocycles. The van der Waals surface area contributed by atoms with E-state index >= 15 is 0 Å². The molecule has 3 rings (SSSR count). The third-order valence-electron chi connectivity index (χ3n) is 3.90. The van der Waals surface area contributed by atoms with E-state index in [1.165, 1.54) is 0 Å². The quantitative estimate of drug-likeness (QED) is 0.820. The van der Waals surface area contributed by atoms with Crippen molar-refractivity contribution in [3.05, 3.63) is 60.2 Å². The number of hydroxylamine groups is 1. The van der Waals surface area contributed by atoms with Gasteiger partial charge in [0.15, 0.2) is 6.10 Å². The molecular formula is C19H20N2O4. The van der Waals surface area contributed by atoms with Gasteiger partial charge in [-0.3, -0.25) is 14.4 Å². The molecule has 1 atom stereocenters. The van der Waals surface area contributed by atoms with Gasteiger partial charge in [0.05, 0.1) is 12.3 Å². The molecule has 25 heavy (non-hydrogen) atoms. The van der Waals surface area contributed by atoms with Crippen LogP contribution in [0.1, 0.15) is 18.9 Å². The molecule has 6 heteroatoms. The van der Waals surface area contributed by atoms with Crippen LogP contribution in [0.4, 0.5) is 5.69 Å². The van der Waals surface area contributed by atoms with Crippen LogP contribution in [0.5, 0.6) is 5.75 Å². The van der Waals surface area contributed by atoms with Crippen LogP contribution < -0.4 is 15.1 Å². The van der Waals surface area contributed by atoms with Crippen LogP contribution in [0.2, 0.25) is 0 Å². The number of amides is 2. The Balaban J connectivity index is 1.52. The number of hydrogen-bond donors (Lipinski definition) is 1. The third-order valence-corrected chi connectivity index (χ3v) is 3.90. The van der Waals surface area contributed by atoms with Gasteiger partial charge in [-0.15, -0.1) is 0 Å². The second-order valence-corrected chi connectivity index (χ2v) is 5.77. The van der Waals surface area contributed by atoms with Crippen molar-refractivity contribution in [2.75, 3.05) is 11.4 Å². The van der Waals surface area contributed by atoms with E-state index in [0.717, 1.165) is 5.56 Å². The maximum absolute atomic E-state index is 12.3. The summed E-state index contributed by atoms with van der Waals surface area (Å²) in [5, 5.41) is 0. The highest BCUT2D eigenvalue weighted by Gasteiger charge is 2.31. The van der Waals surface area contributed by atoms with E-state index in [9.17, 15) is 9.59 Å². The molecule has 0 aromatic heterocycles. The van der Waals surface area contributed by atoms with Crippen LogP contribution in [0.25, 0.3) is 0 Å². The highest BCUT2D eigenvalue weighted by Crippen LogP contribution is 2.33. The largest absolute Gasteiger partial charge is 0.479 e. The molecule has 1 N–H and O–H groups in total. The lowest BCUT2D eigenvalue weighted by atomic mass is 10.1. The van der Waals surface area contributed by atoms with Crippen molar-refractivity contribution in [1.82, 2.24) is 5.48 Å². The van der Waals surface area contributed by atoms with Crippen molar-refractivity contribution in [2.24, 2.45) is 0 Å². The van der Waals surface area contributed by atoms with Crippen molar-refractivity contribution >= 4 is 17.5 Å². The van der Waals surface area contributed by atoms with E-state index in [4.69, 9.17) is 9.57 Å². The Morgan fingerprint density at radius 3 is 2.68 bits per heavy atom. The number of nitrogens with one attached hydrogen (secondary N) is 1. The third kappa shape index (κ3) is 4.16. The number of anilines is 1. The van der Waals surface area contributed by atoms with E-state index in [2.05, 4.69) is 5.48 Å². The molecule has 0 fully saturated rings. The van der Waals surface area contributed by atoms with Crippen molar-refractivity contribution < 1.29 is 19.2 Å². The summed E-state index contributed by atoms with van der Waals surface area (Å²) in [5.74, 6) is 0.215. The first kappa shape index (κ1) is 17.0. The molecule has 2 amide bonds. The molecule has 0 bridgehead atoms. The molecule has 130 valence electrons. The van der Waals surface area contributed by atoms with Gasteiger partial charge in [0, 0.05) is 13.0 Å². The number of fused-ring (bicyclic) bond motifs is 1. The molecule has 0 saturated carbocycles. The topological polar surface area (TPSA) is 67.9 Å². The smallest absolute Gasteiger partial charge is 0.267 e. The summed E-state index contributed by atoms with van der Waals surface area (Å²) in [5.41, 5.74) is 4.06. The van der Waals surface area contributed by atoms with Crippen LogP contribution in [0.15, 0.2) is 54.6 Å². The first-order valence-electron chi connectivity index (χ1n) is 8.17. The number of rotatable bonds is 6. The lowest BCUT2D eigenvalue weighted by molar-refractivity contribution is -0.134. The fourth-order valence-corrected chi connectivity index (χ4v) is 2.63. The molecule has 2 aromatic rings. The van der Waals surface area contributed by atoms with Crippen molar-refractivity contribution in [1.29, 1.82) is 0 Å². The number of carbonyl (C=O) groups excluding carboxylic acids is 2. The maximum atomic E-state index is 12.3. The Morgan fingerprint density at radius 2 is 1.88 bits per heavy atom. The fourth-order valence-electron chi connectivity index (χ4n) is 2.63. The Kier molecular flexibility index (Phi) is 5.30. The zero-order chi connectivity index (χ0) is 17.6. The van der Waals surface area contributed by atoms with E-state index in [1.807, 2.05) is 54.6 Å². The molecule has 1 aliphatic rings. The number of benzene rings is 2. The first-order valence-corrected chi connectivity index (χ1v) is 8.17. The average molecular weight is 340 g/mol. The monoisotopic (exact) mass is 340 g/mol. The molecule has 1 aliphatic heterocycles. The van der Waals surface area contributed by atoms with Gasteiger partial charge in [0.25, 0.3) is 5.91 Å². The zero-order valence-electron chi connectivity index (χ0n) is 14.0. The molecule has 2 aromatic carbocycles. The lowest BCUT2D eigenvalue weighted by Crippen LogP contribution is -2.45. The minimum atomic E-state index is -0.563. The van der Waals surface area contributed by atoms with E-state index in [0.29, 0.717) is 18.0 Å². The summed E-state index contributed by atoms with van der Waals surface area (Å²) in [6.07, 6.45) is -0.422. The molecule has 0 saturated heterocycles. The normalized spacial score (nSPS) is 16.1. The van der Waals surface area contributed by atoms with Crippen LogP contribution in [0, 0.1) is 0 Å². The molecular weight excluding hydrogens is 320 g/mol. The summed E-state index contributed by atoms with van der Waals surface area (Å²) >= 11 is 0. The van der Waals surface area contributed by atoms with Crippen molar-refractivity contribution in [3.8, 4) is 5.75 Å². The van der Waals surface area contributed by atoms with Crippen molar-refractivity contribution in [2.45, 2.75) is 26.1 Å². The summed E-state index contributed by atoms with van der Waals surface area (Å²) in [4.78, 5) is 31.1. The zero-order valence-corrected chi connectivity index (χ0v) is 14.0. The molecule has 0 radical (unpaired) electrons. The highest BCUT2D eigenvalue weighted by molar-refractivity contribution is 6.00. The minimum absolute atomic E-state index is 0.140. The predicted octanol–water partition coefficient (Wildman–Crippen LogP) is 2.44. The summed E-state index contributed by atoms with van der Waals surface area (Å²) in [6, 6.07) is 16.9. The van der Waals surface area contributed by atoms with E-state index < -0.39 is 6.10 Å². The molecule has 0 aliphatic carbocycles. The molecule has 6 nitrogen and oxygen atoms in total. The standard InChI is InChI=1S/C19H20N2O4/c1-14-19(23)21(16-9-5-6-10-17(16)25-14)12-11-18(22)20-24-13-15-7-3-2-4-8-15/h2-10,14H,11-13H2,1H3,(H,20,22)/t14-/m1/s1. The number of para-hydroxylation sites is 2. The Bertz CT molecular complexity index is 748. The van der Waals surface area contributed by atoms with Gasteiger partial charge in [-0.1, -0.05) is 42.5 Å². The number of hydrogen-bond acceptors (Lipinski definition) is 4. The summed E-state index contributed by atoms with van der Waals surface area (Å²) in [6.45, 7) is 2.27. The molecule has 0 spiro atoms. The Hall–Kier alpha value is -2.86. The molecule has 0 unspecified atom stereocenters. The van der Waals surface area contributed by atoms with Crippen LogP contribution in [-0.4, -0.2) is 24.5 Å². The minimum Gasteiger partial charge on any atom is -0.479 e. The van der Waals surface area contributed by atoms with Crippen LogP contribution in [0.3, 0.4) is 0 Å². The second kappa shape index (κ2) is 7.81. The number of carbonyl (C=O) groups is 2. The highest BCUT2D eigenvalue weighted by atomic mass is 16.6. The van der Waals surface area contributed by atoms with Crippen LogP contribution >= 0.6 is 0 Å². The van der Waals surface area contributed by atoms with Gasteiger partial charge >= 0.3 is 0 Å². The summed E-state index contributed by atoms with van der Waals surface area (Å²) < 4.78 is 5.58. The van der Waals surface area contributed by atoms with E-state index in [-0.39, 0.29) is 24.8 Å². The average Bonchev–Trinajstić information content (AvgIpc) is 2.63. The van der Waals surface area contributed by atoms with Gasteiger partial charge in [-0.25, -0.2) is 5.48 Å². The summed E-state index contributed by atoms with van der Waals surface area (Å²) in [7, 11) is 0. The number of nitrogens with zero attached hydrogens (tertiary/aromatic N) is 1. The SMILES string of the molecule is C[C@H]1Oc2ccccc2N(CCC(=O)NOCc2ccccc2)C1=O. The maximum Gasteiger partial charge on any atom is 0.267 e. The number of ether oxygens (including phenoxy) is 1. The lowest BCUT2D eigenvalue weighted by Gasteiger charge is -2.32. The Labute approximate surface area is 146 Å². The first-order chi connectivity index (χ1) is 12.1. The second-order valence-electron chi connectivity index (χ2n) is 5.77. The van der Waals surface area contributed by atoms with Gasteiger partial charge in [0.1, 0.15) is 5.75 Å². The van der Waals surface area contributed by atoms with Gasteiger partial charge in [0.2, 0.25) is 5.91 Å².